The Balaban J connectivity index is 1.63. The van der Waals surface area contributed by atoms with Gasteiger partial charge in [0, 0.05) is 34.6 Å². The lowest BCUT2D eigenvalue weighted by Gasteiger charge is -2.44. The molecule has 1 atom stereocenters. The van der Waals surface area contributed by atoms with Crippen LogP contribution in [0.4, 0.5) is 0 Å². The maximum Gasteiger partial charge on any atom is 0.256 e. The van der Waals surface area contributed by atoms with Gasteiger partial charge in [0.05, 0.1) is 0 Å². The molecule has 0 aliphatic carbocycles. The molecule has 25 heavy (non-hydrogen) atoms. The molecule has 0 saturated carbocycles. The molecule has 1 aromatic heterocycles. The number of hydrogen-bond donors (Lipinski definition) is 2. The number of aromatic nitrogens is 1. The third kappa shape index (κ3) is 2.45. The van der Waals surface area contributed by atoms with Crippen LogP contribution in [0.1, 0.15) is 35.3 Å². The van der Waals surface area contributed by atoms with E-state index in [1.165, 1.54) is 5.39 Å². The molecule has 0 bridgehead atoms. The fourth-order valence-electron chi connectivity index (χ4n) is 3.83. The van der Waals surface area contributed by atoms with Crippen molar-refractivity contribution in [3.63, 3.8) is 0 Å². The van der Waals surface area contributed by atoms with Crippen molar-refractivity contribution in [2.24, 2.45) is 0 Å². The minimum absolute atomic E-state index is 0.0951. The fourth-order valence-corrected chi connectivity index (χ4v) is 3.83. The number of aromatic amines is 1. The molecule has 4 rings (SSSR count). The highest BCUT2D eigenvalue weighted by molar-refractivity contribution is 5.97. The van der Waals surface area contributed by atoms with Crippen LogP contribution in [0, 0.1) is 0 Å². The molecule has 1 amide bonds. The molecule has 0 radical (unpaired) electrons. The number of carbonyl (C=O) groups excluding carboxylic acids is 1. The summed E-state index contributed by atoms with van der Waals surface area (Å²) in [5.74, 6) is -0.0951. The zero-order valence-corrected chi connectivity index (χ0v) is 14.5. The van der Waals surface area contributed by atoms with Crippen LogP contribution in [0.15, 0.2) is 54.7 Å². The van der Waals surface area contributed by atoms with Crippen LogP contribution in [-0.2, 0) is 11.8 Å². The van der Waals surface area contributed by atoms with Crippen LogP contribution in [0.5, 0.6) is 0 Å². The first-order valence-electron chi connectivity index (χ1n) is 8.63. The van der Waals surface area contributed by atoms with E-state index in [9.17, 15) is 9.90 Å². The Morgan fingerprint density at radius 3 is 2.68 bits per heavy atom. The van der Waals surface area contributed by atoms with Gasteiger partial charge in [0.2, 0.25) is 0 Å². The summed E-state index contributed by atoms with van der Waals surface area (Å²) in [5.41, 5.74) is 3.36. The number of aliphatic hydroxyl groups is 1. The second-order valence-corrected chi connectivity index (χ2v) is 7.25. The minimum atomic E-state index is -0.833. The van der Waals surface area contributed by atoms with E-state index >= 15 is 0 Å². The van der Waals surface area contributed by atoms with E-state index in [-0.39, 0.29) is 5.91 Å². The molecular formula is C21H22N2O2. The monoisotopic (exact) mass is 334 g/mol. The minimum Gasteiger partial charge on any atom is -0.373 e. The number of benzene rings is 2. The van der Waals surface area contributed by atoms with Crippen LogP contribution in [-0.4, -0.2) is 33.7 Å². The molecule has 1 aliphatic heterocycles. The highest BCUT2D eigenvalue weighted by Gasteiger charge is 2.43. The number of hydrogen-bond acceptors (Lipinski definition) is 2. The third-order valence-electron chi connectivity index (χ3n) is 5.35. The maximum absolute atomic E-state index is 12.9. The Hall–Kier alpha value is -2.59. The van der Waals surface area contributed by atoms with E-state index in [1.54, 1.807) is 4.90 Å². The summed E-state index contributed by atoms with van der Waals surface area (Å²) in [6.45, 7) is 4.46. The van der Waals surface area contributed by atoms with Gasteiger partial charge in [-0.15, -0.1) is 0 Å². The van der Waals surface area contributed by atoms with Crippen LogP contribution < -0.4 is 0 Å². The van der Waals surface area contributed by atoms with Gasteiger partial charge in [0.15, 0.2) is 0 Å². The average molecular weight is 334 g/mol. The van der Waals surface area contributed by atoms with E-state index < -0.39 is 11.6 Å². The molecule has 0 fully saturated rings. The standard InChI is InChI=1S/C21H22N2O2/c1-21(2)17-9-5-3-8-16(17)19(24)23(20(21)25)12-11-14-13-22-18-10-6-4-7-15(14)18/h3-10,13,20,22,25H,11-12H2,1-2H3. The first-order chi connectivity index (χ1) is 12.0. The maximum atomic E-state index is 12.9. The van der Waals surface area contributed by atoms with E-state index in [4.69, 9.17) is 0 Å². The SMILES string of the molecule is CC1(C)c2ccccc2C(=O)N(CCc2c[nH]c3ccccc23)C1O. The quantitative estimate of drug-likeness (QED) is 0.771. The van der Waals surface area contributed by atoms with E-state index in [0.29, 0.717) is 18.5 Å². The molecule has 3 aromatic rings. The molecule has 2 heterocycles. The van der Waals surface area contributed by atoms with Crippen molar-refractivity contribution in [1.29, 1.82) is 0 Å². The molecule has 0 spiro atoms. The Morgan fingerprint density at radius 2 is 1.84 bits per heavy atom. The number of carbonyl (C=O) groups is 1. The van der Waals surface area contributed by atoms with Gasteiger partial charge < -0.3 is 15.0 Å². The zero-order chi connectivity index (χ0) is 17.6. The molecule has 0 saturated heterocycles. The average Bonchev–Trinajstić information content (AvgIpc) is 3.04. The van der Waals surface area contributed by atoms with Gasteiger partial charge in [-0.1, -0.05) is 50.2 Å². The number of rotatable bonds is 3. The van der Waals surface area contributed by atoms with Crippen molar-refractivity contribution >= 4 is 16.8 Å². The highest BCUT2D eigenvalue weighted by atomic mass is 16.3. The van der Waals surface area contributed by atoms with Gasteiger partial charge in [-0.25, -0.2) is 0 Å². The highest BCUT2D eigenvalue weighted by Crippen LogP contribution is 2.37. The van der Waals surface area contributed by atoms with Gasteiger partial charge >= 0.3 is 0 Å². The second kappa shape index (κ2) is 5.74. The molecule has 1 unspecified atom stereocenters. The van der Waals surface area contributed by atoms with Gasteiger partial charge in [-0.2, -0.15) is 0 Å². The van der Waals surface area contributed by atoms with Crippen molar-refractivity contribution < 1.29 is 9.90 Å². The third-order valence-corrected chi connectivity index (χ3v) is 5.35. The first-order valence-corrected chi connectivity index (χ1v) is 8.63. The smallest absolute Gasteiger partial charge is 0.256 e. The predicted molar refractivity (Wildman–Crippen MR) is 98.5 cm³/mol. The van der Waals surface area contributed by atoms with E-state index in [1.807, 2.05) is 62.5 Å². The van der Waals surface area contributed by atoms with Crippen molar-refractivity contribution in [2.75, 3.05) is 6.54 Å². The van der Waals surface area contributed by atoms with E-state index in [2.05, 4.69) is 11.1 Å². The summed E-state index contributed by atoms with van der Waals surface area (Å²) in [6, 6.07) is 15.7. The van der Waals surface area contributed by atoms with E-state index in [0.717, 1.165) is 16.6 Å². The van der Waals surface area contributed by atoms with Crippen LogP contribution >= 0.6 is 0 Å². The first kappa shape index (κ1) is 15.9. The number of nitrogens with zero attached hydrogens (tertiary/aromatic N) is 1. The van der Waals surface area contributed by atoms with Gasteiger partial charge in [0.25, 0.3) is 5.91 Å². The number of H-pyrrole nitrogens is 1. The Bertz CT molecular complexity index is 942. The van der Waals surface area contributed by atoms with Crippen molar-refractivity contribution in [3.05, 3.63) is 71.4 Å². The molecule has 1 aliphatic rings. The lowest BCUT2D eigenvalue weighted by molar-refractivity contribution is -0.0379. The number of para-hydroxylation sites is 1. The summed E-state index contributed by atoms with van der Waals surface area (Å²) in [6.07, 6.45) is 1.86. The van der Waals surface area contributed by atoms with Crippen LogP contribution in [0.3, 0.4) is 0 Å². The number of nitrogens with one attached hydrogen (secondary N) is 1. The van der Waals surface area contributed by atoms with Crippen LogP contribution in [0.2, 0.25) is 0 Å². The fraction of sp³-hybridized carbons (Fsp3) is 0.286. The summed E-state index contributed by atoms with van der Waals surface area (Å²) in [5, 5.41) is 12.0. The lowest BCUT2D eigenvalue weighted by atomic mass is 9.76. The Labute approximate surface area is 147 Å². The molecular weight excluding hydrogens is 312 g/mol. The summed E-state index contributed by atoms with van der Waals surface area (Å²) in [4.78, 5) is 17.8. The summed E-state index contributed by atoms with van der Waals surface area (Å²) < 4.78 is 0. The van der Waals surface area contributed by atoms with Crippen molar-refractivity contribution in [2.45, 2.75) is 31.9 Å². The molecule has 4 heteroatoms. The topological polar surface area (TPSA) is 56.3 Å². The second-order valence-electron chi connectivity index (χ2n) is 7.25. The zero-order valence-electron chi connectivity index (χ0n) is 14.5. The molecule has 2 aromatic carbocycles. The molecule has 128 valence electrons. The number of amides is 1. The largest absolute Gasteiger partial charge is 0.373 e. The Morgan fingerprint density at radius 1 is 1.12 bits per heavy atom. The summed E-state index contributed by atoms with van der Waals surface area (Å²) in [7, 11) is 0. The van der Waals surface area contributed by atoms with Crippen molar-refractivity contribution in [1.82, 2.24) is 9.88 Å². The van der Waals surface area contributed by atoms with Gasteiger partial charge in [-0.3, -0.25) is 4.79 Å². The number of fused-ring (bicyclic) bond motifs is 2. The normalized spacial score (nSPS) is 19.2. The lowest BCUT2D eigenvalue weighted by Crippen LogP contribution is -2.55. The predicted octanol–water partition coefficient (Wildman–Crippen LogP) is 3.46. The number of aliphatic hydroxyl groups excluding tert-OH is 1. The van der Waals surface area contributed by atoms with Crippen molar-refractivity contribution in [3.8, 4) is 0 Å². The van der Waals surface area contributed by atoms with Gasteiger partial charge in [0.1, 0.15) is 6.23 Å². The molecule has 4 nitrogen and oxygen atoms in total. The van der Waals surface area contributed by atoms with Crippen LogP contribution in [0.25, 0.3) is 10.9 Å². The Kier molecular flexibility index (Phi) is 3.65. The molecule has 2 N–H and O–H groups in total. The summed E-state index contributed by atoms with van der Waals surface area (Å²) >= 11 is 0. The van der Waals surface area contributed by atoms with Gasteiger partial charge in [-0.05, 0) is 29.7 Å².